The summed E-state index contributed by atoms with van der Waals surface area (Å²) in [6, 6.07) is 7.13. The number of carbonyl (C=O) groups is 2. The monoisotopic (exact) mass is 401 g/mol. The first kappa shape index (κ1) is 19.0. The average Bonchev–Trinajstić information content (AvgIpc) is 3.27. The van der Waals surface area contributed by atoms with Crippen LogP contribution in [0.1, 0.15) is 18.4 Å². The number of hydrogen-bond donors (Lipinski definition) is 3. The van der Waals surface area contributed by atoms with Crippen molar-refractivity contribution in [1.29, 1.82) is 0 Å². The number of hydrogen-bond acceptors (Lipinski definition) is 2. The second-order valence-corrected chi connectivity index (χ2v) is 7.00. The topological polar surface area (TPSA) is 74.0 Å². The molecule has 29 heavy (non-hydrogen) atoms. The zero-order chi connectivity index (χ0) is 20.5. The third-order valence-electron chi connectivity index (χ3n) is 5.05. The first-order valence-electron chi connectivity index (χ1n) is 9.25. The van der Waals surface area contributed by atoms with E-state index in [9.17, 15) is 22.8 Å². The molecular formula is C21H18F3N3O2. The molecule has 150 valence electrons. The van der Waals surface area contributed by atoms with Crippen LogP contribution in [0.15, 0.2) is 36.4 Å². The lowest BCUT2D eigenvalue weighted by Gasteiger charge is -2.11. The van der Waals surface area contributed by atoms with Gasteiger partial charge in [0.2, 0.25) is 11.8 Å². The maximum Gasteiger partial charge on any atom is 0.242 e. The lowest BCUT2D eigenvalue weighted by atomic mass is 10.0. The van der Waals surface area contributed by atoms with Gasteiger partial charge in [-0.3, -0.25) is 9.59 Å². The molecule has 2 heterocycles. The summed E-state index contributed by atoms with van der Waals surface area (Å²) in [5.41, 5.74) is 1.91. The van der Waals surface area contributed by atoms with Gasteiger partial charge >= 0.3 is 0 Å². The molecule has 2 amide bonds. The number of halogens is 3. The highest BCUT2D eigenvalue weighted by atomic mass is 19.1. The smallest absolute Gasteiger partial charge is 0.242 e. The molecule has 0 unspecified atom stereocenters. The van der Waals surface area contributed by atoms with Gasteiger partial charge in [0.1, 0.15) is 23.5 Å². The molecule has 2 aromatic carbocycles. The Morgan fingerprint density at radius 1 is 1.10 bits per heavy atom. The standard InChI is InChI=1S/C21H18F3N3O2/c22-12-3-1-11(2-4-12)19-14(15-9-13(23)10-16(24)20(15)27-19)7-8-25-21(29)17-5-6-18(28)26-17/h1-4,9-10,17,27H,5-8H2,(H,25,29)(H,26,28)/t17-/m0/s1. The van der Waals surface area contributed by atoms with E-state index in [-0.39, 0.29) is 23.9 Å². The number of H-pyrrole nitrogens is 1. The fourth-order valence-corrected chi connectivity index (χ4v) is 3.64. The molecule has 1 aliphatic heterocycles. The van der Waals surface area contributed by atoms with Gasteiger partial charge in [-0.1, -0.05) is 0 Å². The van der Waals surface area contributed by atoms with E-state index >= 15 is 0 Å². The van der Waals surface area contributed by atoms with E-state index in [1.54, 1.807) is 12.1 Å². The highest BCUT2D eigenvalue weighted by Gasteiger charge is 2.27. The van der Waals surface area contributed by atoms with Crippen molar-refractivity contribution >= 4 is 22.7 Å². The molecule has 0 radical (unpaired) electrons. The van der Waals surface area contributed by atoms with E-state index in [0.717, 1.165) is 6.07 Å². The van der Waals surface area contributed by atoms with Gasteiger partial charge in [-0.2, -0.15) is 0 Å². The van der Waals surface area contributed by atoms with Crippen LogP contribution in [0.4, 0.5) is 13.2 Å². The van der Waals surface area contributed by atoms with E-state index in [1.807, 2.05) is 0 Å². The van der Waals surface area contributed by atoms with Crippen molar-refractivity contribution in [3.05, 3.63) is 59.4 Å². The molecule has 1 atom stereocenters. The van der Waals surface area contributed by atoms with Crippen LogP contribution in [0, 0.1) is 17.5 Å². The Morgan fingerprint density at radius 3 is 2.55 bits per heavy atom. The number of carbonyl (C=O) groups excluding carboxylic acids is 2. The number of benzene rings is 2. The first-order valence-corrected chi connectivity index (χ1v) is 9.25. The molecular weight excluding hydrogens is 383 g/mol. The van der Waals surface area contributed by atoms with E-state index < -0.39 is 23.5 Å². The normalized spacial score (nSPS) is 16.2. The summed E-state index contributed by atoms with van der Waals surface area (Å²) in [5, 5.41) is 5.71. The zero-order valence-corrected chi connectivity index (χ0v) is 15.3. The minimum absolute atomic E-state index is 0.148. The van der Waals surface area contributed by atoms with Crippen LogP contribution in [-0.4, -0.2) is 29.4 Å². The van der Waals surface area contributed by atoms with Crippen LogP contribution < -0.4 is 10.6 Å². The SMILES string of the molecule is O=C1CC[C@@H](C(=O)NCCc2c(-c3ccc(F)cc3)[nH]c3c(F)cc(F)cc23)N1. The van der Waals surface area contributed by atoms with Crippen molar-refractivity contribution in [3.63, 3.8) is 0 Å². The van der Waals surface area contributed by atoms with Crippen molar-refractivity contribution in [2.45, 2.75) is 25.3 Å². The zero-order valence-electron chi connectivity index (χ0n) is 15.3. The Hall–Kier alpha value is -3.29. The number of nitrogens with one attached hydrogen (secondary N) is 3. The van der Waals surface area contributed by atoms with Crippen molar-refractivity contribution in [2.75, 3.05) is 6.54 Å². The summed E-state index contributed by atoms with van der Waals surface area (Å²) in [4.78, 5) is 26.4. The molecule has 1 fully saturated rings. The van der Waals surface area contributed by atoms with E-state index in [2.05, 4.69) is 15.6 Å². The quantitative estimate of drug-likeness (QED) is 0.614. The molecule has 1 aliphatic rings. The maximum absolute atomic E-state index is 14.3. The van der Waals surface area contributed by atoms with Gasteiger partial charge in [0, 0.05) is 30.1 Å². The number of aromatic amines is 1. The molecule has 1 aromatic heterocycles. The summed E-state index contributed by atoms with van der Waals surface area (Å²) in [6.45, 7) is 0.213. The van der Waals surface area contributed by atoms with Crippen LogP contribution in [0.5, 0.6) is 0 Å². The molecule has 1 saturated heterocycles. The molecule has 0 spiro atoms. The first-order chi connectivity index (χ1) is 13.9. The number of aromatic nitrogens is 1. The van der Waals surface area contributed by atoms with Gasteiger partial charge < -0.3 is 15.6 Å². The van der Waals surface area contributed by atoms with Crippen molar-refractivity contribution in [3.8, 4) is 11.3 Å². The Kier molecular flexibility index (Phi) is 5.00. The third kappa shape index (κ3) is 3.83. The highest BCUT2D eigenvalue weighted by molar-refractivity contribution is 5.92. The summed E-state index contributed by atoms with van der Waals surface area (Å²) in [6.07, 6.45) is 1.05. The molecule has 0 saturated carbocycles. The van der Waals surface area contributed by atoms with Gasteiger partial charge in [-0.25, -0.2) is 13.2 Å². The molecule has 4 rings (SSSR count). The van der Waals surface area contributed by atoms with Crippen molar-refractivity contribution in [1.82, 2.24) is 15.6 Å². The molecule has 0 aliphatic carbocycles. The number of fused-ring (bicyclic) bond motifs is 1. The number of amides is 2. The number of rotatable bonds is 5. The van der Waals surface area contributed by atoms with Crippen LogP contribution in [0.25, 0.3) is 22.2 Å². The van der Waals surface area contributed by atoms with E-state index in [1.165, 1.54) is 18.2 Å². The van der Waals surface area contributed by atoms with Crippen LogP contribution >= 0.6 is 0 Å². The largest absolute Gasteiger partial charge is 0.354 e. The van der Waals surface area contributed by atoms with Gasteiger partial charge in [0.25, 0.3) is 0 Å². The lowest BCUT2D eigenvalue weighted by molar-refractivity contribution is -0.125. The Labute approximate surface area is 164 Å². The average molecular weight is 401 g/mol. The molecule has 3 N–H and O–H groups in total. The van der Waals surface area contributed by atoms with Crippen molar-refractivity contribution < 1.29 is 22.8 Å². The highest BCUT2D eigenvalue weighted by Crippen LogP contribution is 2.32. The van der Waals surface area contributed by atoms with E-state index in [4.69, 9.17) is 0 Å². The summed E-state index contributed by atoms with van der Waals surface area (Å²) >= 11 is 0. The van der Waals surface area contributed by atoms with Gasteiger partial charge in [-0.05, 0) is 54.3 Å². The summed E-state index contributed by atoms with van der Waals surface area (Å²) < 4.78 is 41.4. The third-order valence-corrected chi connectivity index (χ3v) is 5.05. The minimum Gasteiger partial charge on any atom is -0.354 e. The van der Waals surface area contributed by atoms with Gasteiger partial charge in [0.15, 0.2) is 0 Å². The molecule has 5 nitrogen and oxygen atoms in total. The molecule has 3 aromatic rings. The van der Waals surface area contributed by atoms with Crippen molar-refractivity contribution in [2.24, 2.45) is 0 Å². The fourth-order valence-electron chi connectivity index (χ4n) is 3.64. The fraction of sp³-hybridized carbons (Fsp3) is 0.238. The van der Waals surface area contributed by atoms with Crippen LogP contribution in [-0.2, 0) is 16.0 Å². The van der Waals surface area contributed by atoms with Gasteiger partial charge in [0.05, 0.1) is 5.52 Å². The maximum atomic E-state index is 14.3. The minimum atomic E-state index is -0.729. The van der Waals surface area contributed by atoms with Crippen LogP contribution in [0.2, 0.25) is 0 Å². The van der Waals surface area contributed by atoms with Crippen LogP contribution in [0.3, 0.4) is 0 Å². The Bertz CT molecular complexity index is 1090. The molecule has 0 bridgehead atoms. The second kappa shape index (κ2) is 7.62. The molecule has 8 heteroatoms. The summed E-state index contributed by atoms with van der Waals surface area (Å²) in [7, 11) is 0. The lowest BCUT2D eigenvalue weighted by Crippen LogP contribution is -2.42. The second-order valence-electron chi connectivity index (χ2n) is 7.00. The Morgan fingerprint density at radius 2 is 1.86 bits per heavy atom. The van der Waals surface area contributed by atoms with E-state index in [0.29, 0.717) is 41.5 Å². The Balaban J connectivity index is 1.62. The predicted molar refractivity (Wildman–Crippen MR) is 101 cm³/mol. The predicted octanol–water partition coefficient (Wildman–Crippen LogP) is 3.19. The van der Waals surface area contributed by atoms with Gasteiger partial charge in [-0.15, -0.1) is 0 Å². The summed E-state index contributed by atoms with van der Waals surface area (Å²) in [5.74, 6) is -2.30.